The molecule has 0 N–H and O–H groups in total. The van der Waals surface area contributed by atoms with Crippen molar-refractivity contribution < 1.29 is 19.0 Å². The smallest absolute Gasteiger partial charge is 0.338 e. The van der Waals surface area contributed by atoms with E-state index in [0.717, 1.165) is 29.6 Å². The summed E-state index contributed by atoms with van der Waals surface area (Å²) >= 11 is 5.83. The molecule has 42 heavy (non-hydrogen) atoms. The van der Waals surface area contributed by atoms with Gasteiger partial charge in [0.25, 0.3) is 5.56 Å². The molecule has 0 spiro atoms. The van der Waals surface area contributed by atoms with Crippen LogP contribution in [0.1, 0.15) is 43.5 Å². The molecule has 2 heterocycles. The fourth-order valence-corrected chi connectivity index (χ4v) is 7.88. The van der Waals surface area contributed by atoms with Gasteiger partial charge in [-0.1, -0.05) is 53.8 Å². The molecule has 1 aromatic heterocycles. The Labute approximate surface area is 274 Å². The molecule has 1 aliphatic heterocycles. The van der Waals surface area contributed by atoms with Gasteiger partial charge < -0.3 is 14.2 Å². The average molecular weight is 806 g/mol. The summed E-state index contributed by atoms with van der Waals surface area (Å²) < 4.78 is 21.1. The second-order valence-corrected chi connectivity index (χ2v) is 12.7. The molecule has 4 aromatic rings. The van der Waals surface area contributed by atoms with E-state index in [4.69, 9.17) is 14.2 Å². The van der Waals surface area contributed by atoms with Gasteiger partial charge in [0, 0.05) is 0 Å². The van der Waals surface area contributed by atoms with Gasteiger partial charge >= 0.3 is 5.97 Å². The summed E-state index contributed by atoms with van der Waals surface area (Å²) in [5.74, 6) is 1.04. The highest BCUT2D eigenvalue weighted by molar-refractivity contribution is 14.1. The number of rotatable bonds is 9. The van der Waals surface area contributed by atoms with Crippen LogP contribution in [0, 0.1) is 7.14 Å². The molecular formula is C32H28I2N2O5S. The molecule has 0 amide bonds. The Morgan fingerprint density at radius 1 is 1.00 bits per heavy atom. The summed E-state index contributed by atoms with van der Waals surface area (Å²) in [6, 6.07) is 20.8. The molecule has 0 radical (unpaired) electrons. The molecule has 7 nitrogen and oxygen atoms in total. The molecule has 0 saturated carbocycles. The van der Waals surface area contributed by atoms with Crippen LogP contribution in [0.25, 0.3) is 6.08 Å². The first-order valence-corrected chi connectivity index (χ1v) is 16.4. The Morgan fingerprint density at radius 3 is 2.33 bits per heavy atom. The minimum atomic E-state index is -0.674. The van der Waals surface area contributed by atoms with Crippen molar-refractivity contribution in [3.05, 3.63) is 122 Å². The van der Waals surface area contributed by atoms with Crippen LogP contribution in [0.3, 0.4) is 0 Å². The number of benzene rings is 3. The molecule has 0 fully saturated rings. The van der Waals surface area contributed by atoms with E-state index in [-0.39, 0.29) is 12.2 Å². The number of nitrogens with zero attached hydrogens (tertiary/aromatic N) is 2. The second-order valence-electron chi connectivity index (χ2n) is 9.39. The Hall–Kier alpha value is -2.97. The van der Waals surface area contributed by atoms with Crippen molar-refractivity contribution in [2.75, 3.05) is 13.2 Å². The van der Waals surface area contributed by atoms with E-state index in [9.17, 15) is 9.59 Å². The van der Waals surface area contributed by atoms with Crippen LogP contribution < -0.4 is 24.4 Å². The Balaban J connectivity index is 1.56. The topological polar surface area (TPSA) is 79.1 Å². The SMILES string of the molecule is CCOC(=O)C1=C(C)N=c2s/c(=C\c3cc(I)c(OCc4ccccc4)c(I)c3)c(=O)n2[C@H]1c1ccc(OCC)cc1. The lowest BCUT2D eigenvalue weighted by Gasteiger charge is -2.24. The molecule has 0 bridgehead atoms. The summed E-state index contributed by atoms with van der Waals surface area (Å²) in [5, 5.41) is 0. The van der Waals surface area contributed by atoms with Gasteiger partial charge in [0.1, 0.15) is 18.1 Å². The zero-order valence-corrected chi connectivity index (χ0v) is 28.4. The lowest BCUT2D eigenvalue weighted by molar-refractivity contribution is -0.139. The standard InChI is InChI=1S/C32H28I2N2O5S/c1-4-39-23-13-11-22(12-14-23)28-27(31(38)40-5-2)19(3)35-32-36(28)30(37)26(42-32)17-21-15-24(33)29(25(34)16-21)41-18-20-9-7-6-8-10-20/h6-17,28H,4-5,18H2,1-3H3/b26-17-/t28-/m0/s1. The van der Waals surface area contributed by atoms with Crippen molar-refractivity contribution in [3.63, 3.8) is 0 Å². The van der Waals surface area contributed by atoms with E-state index in [1.54, 1.807) is 18.4 Å². The second kappa shape index (κ2) is 13.6. The van der Waals surface area contributed by atoms with Crippen LogP contribution in [0.15, 0.2) is 87.8 Å². The summed E-state index contributed by atoms with van der Waals surface area (Å²) in [6.07, 6.45) is 1.87. The molecule has 5 rings (SSSR count). The molecule has 0 unspecified atom stereocenters. The average Bonchev–Trinajstić information content (AvgIpc) is 3.27. The molecule has 3 aromatic carbocycles. The summed E-state index contributed by atoms with van der Waals surface area (Å²) in [7, 11) is 0. The number of carbonyl (C=O) groups is 1. The Morgan fingerprint density at radius 2 is 1.69 bits per heavy atom. The normalized spacial score (nSPS) is 14.8. The molecular weight excluding hydrogens is 778 g/mol. The molecule has 0 saturated heterocycles. The lowest BCUT2D eigenvalue weighted by atomic mass is 9.96. The van der Waals surface area contributed by atoms with Crippen LogP contribution in [0.4, 0.5) is 0 Å². The van der Waals surface area contributed by atoms with E-state index in [2.05, 4.69) is 50.2 Å². The number of thiazole rings is 1. The molecule has 10 heteroatoms. The first-order valence-electron chi connectivity index (χ1n) is 13.4. The Bertz CT molecular complexity index is 1810. The maximum Gasteiger partial charge on any atom is 0.338 e. The van der Waals surface area contributed by atoms with Crippen LogP contribution in [-0.4, -0.2) is 23.8 Å². The van der Waals surface area contributed by atoms with E-state index in [1.807, 2.05) is 79.7 Å². The fourth-order valence-electron chi connectivity index (χ4n) is 4.70. The van der Waals surface area contributed by atoms with Gasteiger partial charge in [-0.05, 0) is 113 Å². The minimum Gasteiger partial charge on any atom is -0.494 e. The Kier molecular flexibility index (Phi) is 9.84. The van der Waals surface area contributed by atoms with Gasteiger partial charge in [-0.15, -0.1) is 0 Å². The van der Waals surface area contributed by atoms with E-state index in [0.29, 0.717) is 39.6 Å². The van der Waals surface area contributed by atoms with Crippen LogP contribution in [0.2, 0.25) is 0 Å². The third-order valence-corrected chi connectivity index (χ3v) is 9.15. The zero-order chi connectivity index (χ0) is 29.8. The van der Waals surface area contributed by atoms with Crippen LogP contribution in [-0.2, 0) is 16.1 Å². The number of esters is 1. The maximum atomic E-state index is 14.0. The number of ether oxygens (including phenoxy) is 3. The predicted molar refractivity (Wildman–Crippen MR) is 181 cm³/mol. The van der Waals surface area contributed by atoms with Gasteiger partial charge in [-0.25, -0.2) is 9.79 Å². The van der Waals surface area contributed by atoms with E-state index in [1.165, 1.54) is 11.3 Å². The lowest BCUT2D eigenvalue weighted by Crippen LogP contribution is -2.39. The zero-order valence-electron chi connectivity index (χ0n) is 23.2. The third-order valence-electron chi connectivity index (χ3n) is 6.57. The van der Waals surface area contributed by atoms with Crippen molar-refractivity contribution in [2.24, 2.45) is 4.99 Å². The highest BCUT2D eigenvalue weighted by atomic mass is 127. The highest BCUT2D eigenvalue weighted by Crippen LogP contribution is 2.32. The summed E-state index contributed by atoms with van der Waals surface area (Å²) in [5.41, 5.74) is 3.40. The largest absolute Gasteiger partial charge is 0.494 e. The number of allylic oxidation sites excluding steroid dienone is 1. The van der Waals surface area contributed by atoms with E-state index >= 15 is 0 Å². The predicted octanol–water partition coefficient (Wildman–Crippen LogP) is 5.99. The first-order chi connectivity index (χ1) is 20.3. The third kappa shape index (κ3) is 6.50. The van der Waals surface area contributed by atoms with Gasteiger partial charge in [-0.3, -0.25) is 9.36 Å². The minimum absolute atomic E-state index is 0.221. The van der Waals surface area contributed by atoms with Gasteiger partial charge in [0.05, 0.1) is 42.2 Å². The number of hydrogen-bond acceptors (Lipinski definition) is 7. The van der Waals surface area contributed by atoms with Gasteiger partial charge in [0.15, 0.2) is 4.80 Å². The van der Waals surface area contributed by atoms with Crippen molar-refractivity contribution in [1.29, 1.82) is 0 Å². The monoisotopic (exact) mass is 806 g/mol. The molecule has 1 aliphatic rings. The maximum absolute atomic E-state index is 14.0. The van der Waals surface area contributed by atoms with Gasteiger partial charge in [-0.2, -0.15) is 0 Å². The number of aromatic nitrogens is 1. The van der Waals surface area contributed by atoms with Crippen LogP contribution >= 0.6 is 56.5 Å². The van der Waals surface area contributed by atoms with Crippen molar-refractivity contribution in [1.82, 2.24) is 4.57 Å². The fraction of sp³-hybridized carbons (Fsp3) is 0.219. The first kappa shape index (κ1) is 30.5. The number of carbonyl (C=O) groups excluding carboxylic acids is 1. The van der Waals surface area contributed by atoms with Crippen molar-refractivity contribution in [3.8, 4) is 11.5 Å². The van der Waals surface area contributed by atoms with Crippen LogP contribution in [0.5, 0.6) is 11.5 Å². The number of fused-ring (bicyclic) bond motifs is 1. The van der Waals surface area contributed by atoms with Crippen molar-refractivity contribution >= 4 is 68.6 Å². The molecule has 216 valence electrons. The molecule has 1 atom stereocenters. The quantitative estimate of drug-likeness (QED) is 0.154. The van der Waals surface area contributed by atoms with Crippen molar-refractivity contribution in [2.45, 2.75) is 33.4 Å². The number of halogens is 2. The molecule has 0 aliphatic carbocycles. The van der Waals surface area contributed by atoms with E-state index < -0.39 is 12.0 Å². The summed E-state index contributed by atoms with van der Waals surface area (Å²) in [6.45, 7) is 6.69. The van der Waals surface area contributed by atoms with Gasteiger partial charge in [0.2, 0.25) is 0 Å². The highest BCUT2D eigenvalue weighted by Gasteiger charge is 2.33. The summed E-state index contributed by atoms with van der Waals surface area (Å²) in [4.78, 5) is 32.3. The number of hydrogen-bond donors (Lipinski definition) is 0.